The third kappa shape index (κ3) is 84.9. The fourth-order valence-corrected chi connectivity index (χ4v) is 15.6. The summed E-state index contributed by atoms with van der Waals surface area (Å²) >= 11 is 0. The number of carbonyl (C=O) groups excluding carboxylic acids is 3. The molecule has 0 aromatic carbocycles. The molecule has 638 valence electrons. The molecule has 12 heteroatoms. The molecule has 107 heavy (non-hydrogen) atoms. The Kier molecular flexibility index (Phi) is 88.2. The van der Waals surface area contributed by atoms with E-state index in [2.05, 4.69) is 54.6 Å². The zero-order valence-electron chi connectivity index (χ0n) is 72.9. The maximum Gasteiger partial charge on any atom is 0.305 e. The molecule has 2 atom stereocenters. The van der Waals surface area contributed by atoms with Crippen molar-refractivity contribution in [2.45, 2.75) is 503 Å². The number of ether oxygens (including phenoxy) is 3. The summed E-state index contributed by atoms with van der Waals surface area (Å²) in [7, 11) is 0. The van der Waals surface area contributed by atoms with Crippen molar-refractivity contribution in [3.63, 3.8) is 0 Å². The molecule has 0 aliphatic carbocycles. The molecule has 0 aromatic heterocycles. The predicted octanol–water partition coefficient (Wildman–Crippen LogP) is 26.6. The van der Waals surface area contributed by atoms with Gasteiger partial charge in [-0.05, 0) is 110 Å². The molecule has 0 aliphatic rings. The lowest BCUT2D eigenvalue weighted by Crippen LogP contribution is -2.42. The zero-order valence-corrected chi connectivity index (χ0v) is 72.9. The van der Waals surface area contributed by atoms with Crippen LogP contribution in [0.4, 0.5) is 0 Å². The molecule has 0 saturated carbocycles. The van der Waals surface area contributed by atoms with Gasteiger partial charge in [-0.2, -0.15) is 0 Å². The second-order valence-corrected chi connectivity index (χ2v) is 33.6. The molecule has 0 rings (SSSR count). The van der Waals surface area contributed by atoms with Crippen molar-refractivity contribution in [2.24, 2.45) is 0 Å². The maximum absolute atomic E-state index is 13.1. The largest absolute Gasteiger partial charge is 0.466 e. The van der Waals surface area contributed by atoms with Crippen molar-refractivity contribution < 1.29 is 38.8 Å². The van der Waals surface area contributed by atoms with Crippen LogP contribution >= 0.6 is 0 Å². The topological polar surface area (TPSA) is 141 Å². The van der Waals surface area contributed by atoms with Gasteiger partial charge in [-0.15, -0.1) is 0 Å². The number of unbranched alkanes of at least 4 members (excludes halogenated alkanes) is 59. The van der Waals surface area contributed by atoms with Crippen LogP contribution in [0.25, 0.3) is 0 Å². The summed E-state index contributed by atoms with van der Waals surface area (Å²) in [4.78, 5) is 46.1. The van der Waals surface area contributed by atoms with Crippen molar-refractivity contribution in [2.75, 3.05) is 91.8 Å². The standard InChI is InChI=1S/C95H190N4O8/c1-6-11-16-21-26-31-36-41-46-51-56-61-68-84-105-93(102)74-71-77-96-87-91(100)88-97(78-64-59-54-49-44-39-34-29-24-19-14-9-4)80-66-67-81-98(79-65-60-55-50-45-40-35-30-25-20-15-10-5)89-92(101)90-99(82-72-75-94(103)106-85-69-62-57-52-47-42-37-32-27-22-17-12-7-2)83-73-76-95(104)107-86-70-63-58-53-48-43-38-33-28-23-18-13-8-3/h91-92,96,100-101H,6-90H2,1-5H3. The first-order valence-corrected chi connectivity index (χ1v) is 48.4. The third-order valence-electron chi connectivity index (χ3n) is 22.6. The lowest BCUT2D eigenvalue weighted by Gasteiger charge is -2.30. The van der Waals surface area contributed by atoms with Gasteiger partial charge in [0.1, 0.15) is 0 Å². The Hall–Kier alpha value is -1.83. The summed E-state index contributed by atoms with van der Waals surface area (Å²) in [5.74, 6) is -0.367. The number of aliphatic hydroxyl groups excluding tert-OH is 2. The van der Waals surface area contributed by atoms with Gasteiger partial charge >= 0.3 is 17.9 Å². The summed E-state index contributed by atoms with van der Waals surface area (Å²) < 4.78 is 17.1. The highest BCUT2D eigenvalue weighted by Gasteiger charge is 2.19. The summed E-state index contributed by atoms with van der Waals surface area (Å²) in [5, 5.41) is 27.0. The second kappa shape index (κ2) is 89.7. The van der Waals surface area contributed by atoms with Gasteiger partial charge in [0.2, 0.25) is 0 Å². The van der Waals surface area contributed by atoms with Crippen LogP contribution in [-0.2, 0) is 28.6 Å². The monoisotopic (exact) mass is 1520 g/mol. The first kappa shape index (κ1) is 105. The molecule has 0 spiro atoms. The van der Waals surface area contributed by atoms with Crippen LogP contribution < -0.4 is 5.32 Å². The van der Waals surface area contributed by atoms with Crippen molar-refractivity contribution in [1.82, 2.24) is 20.0 Å². The Morgan fingerprint density at radius 1 is 0.234 bits per heavy atom. The highest BCUT2D eigenvalue weighted by molar-refractivity contribution is 5.70. The van der Waals surface area contributed by atoms with E-state index in [1.165, 1.54) is 353 Å². The maximum atomic E-state index is 13.1. The molecular weight excluding hydrogens is 1330 g/mol. The van der Waals surface area contributed by atoms with Crippen molar-refractivity contribution in [3.05, 3.63) is 0 Å². The number of nitrogens with zero attached hydrogens (tertiary/aromatic N) is 3. The molecule has 0 radical (unpaired) electrons. The molecule has 0 aromatic rings. The number of esters is 3. The van der Waals surface area contributed by atoms with E-state index in [-0.39, 0.29) is 17.9 Å². The van der Waals surface area contributed by atoms with Crippen LogP contribution in [0, 0.1) is 0 Å². The molecule has 0 heterocycles. The number of rotatable bonds is 93. The Balaban J connectivity index is 5.73. The van der Waals surface area contributed by atoms with E-state index in [0.717, 1.165) is 90.4 Å². The van der Waals surface area contributed by atoms with E-state index in [1.807, 2.05) is 0 Å². The van der Waals surface area contributed by atoms with Gasteiger partial charge < -0.3 is 44.4 Å². The van der Waals surface area contributed by atoms with Gasteiger partial charge in [0, 0.05) is 45.4 Å². The molecular formula is C95H190N4O8. The Morgan fingerprint density at radius 2 is 0.411 bits per heavy atom. The SMILES string of the molecule is CCCCCCCCCCCCCCCOC(=O)CCCNCC(O)CN(CCCCCCCCCCCCCC)CCCCN(CCCCCCCCCCCCCC)CC(O)CN(CCCC(=O)OCCCCCCCCCCCCCCC)CCCC(=O)OCCCCCCCCCCCCCCC. The average Bonchev–Trinajstić information content (AvgIpc) is 0.955. The number of hydrogen-bond donors (Lipinski definition) is 3. The zero-order chi connectivity index (χ0) is 77.6. The number of carbonyl (C=O) groups is 3. The minimum atomic E-state index is -0.568. The van der Waals surface area contributed by atoms with Crippen molar-refractivity contribution in [1.29, 1.82) is 0 Å². The first-order valence-electron chi connectivity index (χ1n) is 48.4. The Morgan fingerprint density at radius 3 is 0.645 bits per heavy atom. The highest BCUT2D eigenvalue weighted by Crippen LogP contribution is 2.20. The molecule has 0 fully saturated rings. The average molecular weight is 1520 g/mol. The lowest BCUT2D eigenvalue weighted by atomic mass is 10.0. The van der Waals surface area contributed by atoms with Crippen LogP contribution in [0.5, 0.6) is 0 Å². The molecule has 0 aliphatic heterocycles. The quantitative estimate of drug-likeness (QED) is 0.0303. The van der Waals surface area contributed by atoms with Crippen LogP contribution in [0.1, 0.15) is 490 Å². The van der Waals surface area contributed by atoms with Crippen molar-refractivity contribution >= 4 is 17.9 Å². The van der Waals surface area contributed by atoms with Crippen molar-refractivity contribution in [3.8, 4) is 0 Å². The van der Waals surface area contributed by atoms with E-state index in [0.29, 0.717) is 104 Å². The summed E-state index contributed by atoms with van der Waals surface area (Å²) in [6.07, 6.45) is 86.3. The van der Waals surface area contributed by atoms with E-state index in [9.17, 15) is 24.6 Å². The van der Waals surface area contributed by atoms with E-state index >= 15 is 0 Å². The normalized spacial score (nSPS) is 12.4. The van der Waals surface area contributed by atoms with E-state index in [4.69, 9.17) is 14.2 Å². The molecule has 0 saturated heterocycles. The third-order valence-corrected chi connectivity index (χ3v) is 22.6. The molecule has 3 N–H and O–H groups in total. The number of hydrogen-bond acceptors (Lipinski definition) is 12. The Labute approximate surface area is 667 Å². The minimum Gasteiger partial charge on any atom is -0.466 e. The first-order chi connectivity index (χ1) is 52.7. The van der Waals surface area contributed by atoms with E-state index < -0.39 is 12.2 Å². The van der Waals surface area contributed by atoms with E-state index in [1.54, 1.807) is 0 Å². The van der Waals surface area contributed by atoms with Crippen LogP contribution in [0.3, 0.4) is 0 Å². The van der Waals surface area contributed by atoms with Gasteiger partial charge in [0.15, 0.2) is 0 Å². The summed E-state index contributed by atoms with van der Waals surface area (Å²) in [5.41, 5.74) is 0. The van der Waals surface area contributed by atoms with Gasteiger partial charge in [-0.1, -0.05) is 407 Å². The molecule has 2 unspecified atom stereocenters. The fourth-order valence-electron chi connectivity index (χ4n) is 15.6. The number of aliphatic hydroxyl groups is 2. The minimum absolute atomic E-state index is 0.106. The molecule has 0 bridgehead atoms. The summed E-state index contributed by atoms with van der Waals surface area (Å²) in [6.45, 7) is 21.0. The van der Waals surface area contributed by atoms with Gasteiger partial charge in [0.25, 0.3) is 0 Å². The smallest absolute Gasteiger partial charge is 0.305 e. The number of nitrogens with one attached hydrogen (secondary N) is 1. The van der Waals surface area contributed by atoms with Crippen LogP contribution in [0.2, 0.25) is 0 Å². The molecule has 0 amide bonds. The lowest BCUT2D eigenvalue weighted by molar-refractivity contribution is -0.144. The second-order valence-electron chi connectivity index (χ2n) is 33.6. The predicted molar refractivity (Wildman–Crippen MR) is 463 cm³/mol. The van der Waals surface area contributed by atoms with Gasteiger partial charge in [0.05, 0.1) is 32.0 Å². The summed E-state index contributed by atoms with van der Waals surface area (Å²) in [6, 6.07) is 0. The van der Waals surface area contributed by atoms with Gasteiger partial charge in [-0.25, -0.2) is 0 Å². The van der Waals surface area contributed by atoms with Crippen LogP contribution in [-0.4, -0.2) is 147 Å². The van der Waals surface area contributed by atoms with Crippen LogP contribution in [0.15, 0.2) is 0 Å². The molecule has 12 nitrogen and oxygen atoms in total. The highest BCUT2D eigenvalue weighted by atomic mass is 16.5. The van der Waals surface area contributed by atoms with Gasteiger partial charge in [-0.3, -0.25) is 14.4 Å². The Bertz CT molecular complexity index is 1690. The fraction of sp³-hybridized carbons (Fsp3) is 0.968.